The van der Waals surface area contributed by atoms with Gasteiger partial charge in [-0.15, -0.1) is 0 Å². The lowest BCUT2D eigenvalue weighted by Gasteiger charge is -2.11. The fraction of sp³-hybridized carbons (Fsp3) is 0.800. The zero-order valence-corrected chi connectivity index (χ0v) is 9.84. The number of rotatable bonds is 6. The van der Waals surface area contributed by atoms with Crippen LogP contribution in [-0.4, -0.2) is 26.2 Å². The van der Waals surface area contributed by atoms with E-state index in [9.17, 15) is 4.57 Å². The maximum atomic E-state index is 11.6. The van der Waals surface area contributed by atoms with Gasteiger partial charge in [0.25, 0.3) is 0 Å². The molecule has 1 N–H and O–H groups in total. The molecule has 12 heavy (non-hydrogen) atoms. The highest BCUT2D eigenvalue weighted by atomic mass is 33.3. The van der Waals surface area contributed by atoms with Crippen LogP contribution in [0.5, 0.6) is 0 Å². The second kappa shape index (κ2) is 6.83. The largest absolute Gasteiger partial charge is 0.361 e. The van der Waals surface area contributed by atoms with Gasteiger partial charge in [0.15, 0.2) is 0 Å². The van der Waals surface area contributed by atoms with Gasteiger partial charge < -0.3 is 4.52 Å². The van der Waals surface area contributed by atoms with E-state index in [0.29, 0.717) is 6.54 Å². The van der Waals surface area contributed by atoms with Crippen molar-refractivity contribution >= 4 is 34.3 Å². The molecule has 0 aromatic carbocycles. The number of nitrogens with zero attached hydrogens (tertiary/aromatic N) is 1. The number of hydrogen-bond donors (Lipinski definition) is 1. The molecule has 72 valence electrons. The summed E-state index contributed by atoms with van der Waals surface area (Å²) in [5.41, 5.74) is 0. The number of aliphatic imine (C=N–C) groups is 1. The molecular weight excluding hydrogens is 215 g/mol. The molecule has 0 aromatic rings. The second-order valence-corrected chi connectivity index (χ2v) is 8.01. The fourth-order valence-electron chi connectivity index (χ4n) is 0.406. The van der Waals surface area contributed by atoms with Crippen LogP contribution in [0.25, 0.3) is 0 Å². The molecule has 4 nitrogen and oxygen atoms in total. The van der Waals surface area contributed by atoms with Gasteiger partial charge in [0.1, 0.15) is 0 Å². The molecule has 0 saturated heterocycles. The van der Waals surface area contributed by atoms with Crippen molar-refractivity contribution < 1.29 is 9.09 Å². The Kier molecular flexibility index (Phi) is 7.04. The van der Waals surface area contributed by atoms with Gasteiger partial charge in [-0.3, -0.25) is 14.6 Å². The van der Waals surface area contributed by atoms with Crippen molar-refractivity contribution in [3.63, 3.8) is 0 Å². The van der Waals surface area contributed by atoms with Crippen LogP contribution in [-0.2, 0) is 9.09 Å². The van der Waals surface area contributed by atoms with Gasteiger partial charge in [-0.05, 0) is 13.2 Å². The predicted octanol–water partition coefficient (Wildman–Crippen LogP) is 2.39. The Bertz CT molecular complexity index is 188. The van der Waals surface area contributed by atoms with Crippen LogP contribution in [0.2, 0.25) is 0 Å². The average molecular weight is 228 g/mol. The first-order chi connectivity index (χ1) is 5.68. The Morgan fingerprint density at radius 2 is 2.42 bits per heavy atom. The average Bonchev–Trinajstić information content (AvgIpc) is 2.06. The first-order valence-corrected chi connectivity index (χ1v) is 8.11. The second-order valence-electron chi connectivity index (χ2n) is 1.68. The molecular formula is C5H13N2O2PS2. The van der Waals surface area contributed by atoms with E-state index in [1.165, 1.54) is 34.7 Å². The molecule has 0 rings (SSSR count). The van der Waals surface area contributed by atoms with Gasteiger partial charge in [0, 0.05) is 24.1 Å². The highest BCUT2D eigenvalue weighted by molar-refractivity contribution is 8.98. The standard InChI is InChI=1S/C5H13N2O2PS2/c1-4-6-5-7-10(8,9-2)12-11-3/h5H,4H2,1-3H3,(H,6,7,8). The maximum Gasteiger partial charge on any atom is 0.361 e. The third-order valence-corrected chi connectivity index (χ3v) is 7.07. The van der Waals surface area contributed by atoms with Crippen molar-refractivity contribution in [2.75, 3.05) is 19.9 Å². The Balaban J connectivity index is 3.96. The third kappa shape index (κ3) is 5.09. The van der Waals surface area contributed by atoms with E-state index in [1.807, 2.05) is 13.2 Å². The van der Waals surface area contributed by atoms with Crippen LogP contribution in [0, 0.1) is 0 Å². The lowest BCUT2D eigenvalue weighted by Crippen LogP contribution is -2.06. The summed E-state index contributed by atoms with van der Waals surface area (Å²) in [4.78, 5) is 3.88. The minimum absolute atomic E-state index is 0.667. The summed E-state index contributed by atoms with van der Waals surface area (Å²) in [5, 5.41) is 2.63. The molecule has 0 aromatic heterocycles. The summed E-state index contributed by atoms with van der Waals surface area (Å²) in [6.07, 6.45) is 3.27. The molecule has 0 fully saturated rings. The summed E-state index contributed by atoms with van der Waals surface area (Å²) in [6.45, 7) is -0.182. The molecule has 7 heteroatoms. The van der Waals surface area contributed by atoms with Crippen LogP contribution >= 0.6 is 27.9 Å². The summed E-state index contributed by atoms with van der Waals surface area (Å²) < 4.78 is 16.4. The zero-order chi connectivity index (χ0) is 9.45. The van der Waals surface area contributed by atoms with Crippen LogP contribution < -0.4 is 5.09 Å². The minimum Gasteiger partial charge on any atom is -0.309 e. The molecule has 0 spiro atoms. The summed E-state index contributed by atoms with van der Waals surface area (Å²) in [5.74, 6) is 0. The summed E-state index contributed by atoms with van der Waals surface area (Å²) in [6, 6.07) is 0. The maximum absolute atomic E-state index is 11.6. The molecule has 0 saturated carbocycles. The van der Waals surface area contributed by atoms with E-state index in [1.54, 1.807) is 0 Å². The molecule has 0 radical (unpaired) electrons. The Hall–Kier alpha value is 0.360. The van der Waals surface area contributed by atoms with Gasteiger partial charge in [-0.1, -0.05) is 10.8 Å². The predicted molar refractivity (Wildman–Crippen MR) is 57.9 cm³/mol. The van der Waals surface area contributed by atoms with Crippen molar-refractivity contribution in [3.05, 3.63) is 0 Å². The first-order valence-electron chi connectivity index (χ1n) is 3.32. The van der Waals surface area contributed by atoms with E-state index in [0.717, 1.165) is 0 Å². The topological polar surface area (TPSA) is 50.7 Å². The molecule has 0 amide bonds. The van der Waals surface area contributed by atoms with E-state index >= 15 is 0 Å². The van der Waals surface area contributed by atoms with Crippen LogP contribution in [0.3, 0.4) is 0 Å². The van der Waals surface area contributed by atoms with Gasteiger partial charge in [-0.25, -0.2) is 0 Å². The third-order valence-electron chi connectivity index (χ3n) is 0.903. The Labute approximate surface area is 80.6 Å². The van der Waals surface area contributed by atoms with Crippen molar-refractivity contribution in [1.29, 1.82) is 0 Å². The van der Waals surface area contributed by atoms with Crippen molar-refractivity contribution in [3.8, 4) is 0 Å². The van der Waals surface area contributed by atoms with Crippen molar-refractivity contribution in [2.24, 2.45) is 4.99 Å². The van der Waals surface area contributed by atoms with E-state index < -0.39 is 6.72 Å². The highest BCUT2D eigenvalue weighted by Crippen LogP contribution is 2.59. The monoisotopic (exact) mass is 228 g/mol. The van der Waals surface area contributed by atoms with E-state index in [-0.39, 0.29) is 0 Å². The smallest absolute Gasteiger partial charge is 0.309 e. The quantitative estimate of drug-likeness (QED) is 0.327. The lowest BCUT2D eigenvalue weighted by atomic mass is 10.8. The SMILES string of the molecule is CCN=CNP(=O)(OC)SSC. The van der Waals surface area contributed by atoms with Crippen molar-refractivity contribution in [2.45, 2.75) is 6.92 Å². The first kappa shape index (κ1) is 12.4. The van der Waals surface area contributed by atoms with Crippen LogP contribution in [0.4, 0.5) is 0 Å². The molecule has 0 aliphatic heterocycles. The van der Waals surface area contributed by atoms with Gasteiger partial charge in [-0.2, -0.15) is 0 Å². The molecule has 0 bridgehead atoms. The fourth-order valence-corrected chi connectivity index (χ4v) is 4.78. The highest BCUT2D eigenvalue weighted by Gasteiger charge is 2.19. The molecule has 0 aliphatic carbocycles. The zero-order valence-electron chi connectivity index (χ0n) is 7.31. The molecule has 1 unspecified atom stereocenters. The summed E-state index contributed by atoms with van der Waals surface area (Å²) in [7, 11) is 3.99. The van der Waals surface area contributed by atoms with Crippen LogP contribution in [0.1, 0.15) is 6.92 Å². The lowest BCUT2D eigenvalue weighted by molar-refractivity contribution is 0.406. The van der Waals surface area contributed by atoms with Gasteiger partial charge in [0.05, 0.1) is 6.34 Å². The van der Waals surface area contributed by atoms with E-state index in [4.69, 9.17) is 4.52 Å². The minimum atomic E-state index is -2.75. The normalized spacial score (nSPS) is 16.2. The number of nitrogens with one attached hydrogen (secondary N) is 1. The Morgan fingerprint density at radius 3 is 2.83 bits per heavy atom. The molecule has 0 aliphatic rings. The van der Waals surface area contributed by atoms with Crippen molar-refractivity contribution in [1.82, 2.24) is 5.09 Å². The molecule has 1 atom stereocenters. The van der Waals surface area contributed by atoms with E-state index in [2.05, 4.69) is 10.1 Å². The van der Waals surface area contributed by atoms with Gasteiger partial charge in [0.2, 0.25) is 0 Å². The molecule has 0 heterocycles. The number of hydrogen-bond acceptors (Lipinski definition) is 5. The summed E-state index contributed by atoms with van der Waals surface area (Å²) >= 11 is 0. The van der Waals surface area contributed by atoms with Gasteiger partial charge >= 0.3 is 6.72 Å². The van der Waals surface area contributed by atoms with Crippen LogP contribution in [0.15, 0.2) is 4.99 Å². The Morgan fingerprint density at radius 1 is 1.75 bits per heavy atom.